The minimum atomic E-state index is -0.324. The van der Waals surface area contributed by atoms with E-state index in [1.807, 2.05) is 24.3 Å². The third-order valence-corrected chi connectivity index (χ3v) is 5.42. The molecule has 5 nitrogen and oxygen atoms in total. The number of H-pyrrole nitrogens is 1. The molecule has 0 bridgehead atoms. The molecule has 0 fully saturated rings. The average molecular weight is 412 g/mol. The van der Waals surface area contributed by atoms with Crippen LogP contribution >= 0.6 is 11.8 Å². The third kappa shape index (κ3) is 5.77. The number of carbonyl (C=O) groups is 1. The Hall–Kier alpha value is -2.93. The highest BCUT2D eigenvalue weighted by Gasteiger charge is 2.13. The topological polar surface area (TPSA) is 74.8 Å². The lowest BCUT2D eigenvalue weighted by molar-refractivity contribution is -0.115. The molecule has 7 heteroatoms. The number of nitrogens with zero attached hydrogens (tertiary/aromatic N) is 1. The predicted octanol–water partition coefficient (Wildman–Crippen LogP) is 4.25. The van der Waals surface area contributed by atoms with Crippen molar-refractivity contribution in [2.45, 2.75) is 37.6 Å². The van der Waals surface area contributed by atoms with E-state index >= 15 is 0 Å². The van der Waals surface area contributed by atoms with Gasteiger partial charge in [0.1, 0.15) is 5.82 Å². The summed E-state index contributed by atoms with van der Waals surface area (Å²) < 4.78 is 13.0. The SMILES string of the molecule is CCc1ccc(NC(=O)Cc2c(C)nc(SCc3ccc(F)cc3)[nH]c2=O)cc1. The van der Waals surface area contributed by atoms with Crippen molar-refractivity contribution in [3.05, 3.63) is 87.1 Å². The van der Waals surface area contributed by atoms with Gasteiger partial charge in [0, 0.05) is 22.7 Å². The lowest BCUT2D eigenvalue weighted by atomic mass is 10.1. The summed E-state index contributed by atoms with van der Waals surface area (Å²) in [6, 6.07) is 13.8. The molecule has 0 spiro atoms. The Morgan fingerprint density at radius 1 is 1.10 bits per heavy atom. The van der Waals surface area contributed by atoms with E-state index in [1.54, 1.807) is 19.1 Å². The fourth-order valence-electron chi connectivity index (χ4n) is 2.78. The number of hydrogen-bond acceptors (Lipinski definition) is 4. The van der Waals surface area contributed by atoms with E-state index in [9.17, 15) is 14.0 Å². The van der Waals surface area contributed by atoms with Gasteiger partial charge in [-0.2, -0.15) is 0 Å². The maximum Gasteiger partial charge on any atom is 0.255 e. The van der Waals surface area contributed by atoms with Gasteiger partial charge in [-0.15, -0.1) is 0 Å². The molecule has 0 atom stereocenters. The van der Waals surface area contributed by atoms with Gasteiger partial charge in [0.2, 0.25) is 5.91 Å². The second kappa shape index (κ2) is 9.52. The zero-order valence-electron chi connectivity index (χ0n) is 16.3. The smallest absolute Gasteiger partial charge is 0.255 e. The molecular weight excluding hydrogens is 389 g/mol. The molecule has 0 saturated heterocycles. The van der Waals surface area contributed by atoms with E-state index in [0.717, 1.165) is 12.0 Å². The summed E-state index contributed by atoms with van der Waals surface area (Å²) in [4.78, 5) is 31.9. The number of rotatable bonds is 7. The number of anilines is 1. The van der Waals surface area contributed by atoms with Gasteiger partial charge >= 0.3 is 0 Å². The summed E-state index contributed by atoms with van der Waals surface area (Å²) in [5.74, 6) is -0.00240. The van der Waals surface area contributed by atoms with Gasteiger partial charge in [0.15, 0.2) is 5.16 Å². The van der Waals surface area contributed by atoms with Crippen LogP contribution < -0.4 is 10.9 Å². The monoisotopic (exact) mass is 411 g/mol. The van der Waals surface area contributed by atoms with Crippen LogP contribution in [0.5, 0.6) is 0 Å². The van der Waals surface area contributed by atoms with Crippen LogP contribution in [0.4, 0.5) is 10.1 Å². The highest BCUT2D eigenvalue weighted by molar-refractivity contribution is 7.98. The molecule has 1 heterocycles. The summed E-state index contributed by atoms with van der Waals surface area (Å²) >= 11 is 1.35. The zero-order valence-corrected chi connectivity index (χ0v) is 17.1. The standard InChI is InChI=1S/C22H22FN3O2S/c1-3-15-6-10-18(11-7-15)25-20(27)12-19-14(2)24-22(26-21(19)28)29-13-16-4-8-17(23)9-5-16/h4-11H,3,12-13H2,1-2H3,(H,25,27)(H,24,26,28). The Labute approximate surface area is 172 Å². The highest BCUT2D eigenvalue weighted by Crippen LogP contribution is 2.19. The van der Waals surface area contributed by atoms with Crippen molar-refractivity contribution in [2.24, 2.45) is 0 Å². The maximum absolute atomic E-state index is 13.0. The number of nitrogens with one attached hydrogen (secondary N) is 2. The number of aryl methyl sites for hydroxylation is 2. The molecule has 1 amide bonds. The number of hydrogen-bond donors (Lipinski definition) is 2. The van der Waals surface area contributed by atoms with Crippen LogP contribution in [-0.4, -0.2) is 15.9 Å². The van der Waals surface area contributed by atoms with Gasteiger partial charge in [0.05, 0.1) is 6.42 Å². The molecule has 0 unspecified atom stereocenters. The lowest BCUT2D eigenvalue weighted by Gasteiger charge is -2.09. The Balaban J connectivity index is 1.64. The Kier molecular flexibility index (Phi) is 6.82. The number of aromatic nitrogens is 2. The molecular formula is C22H22FN3O2S. The summed E-state index contributed by atoms with van der Waals surface area (Å²) in [7, 11) is 0. The fraction of sp³-hybridized carbons (Fsp3) is 0.227. The third-order valence-electron chi connectivity index (χ3n) is 4.47. The van der Waals surface area contributed by atoms with Crippen molar-refractivity contribution in [3.63, 3.8) is 0 Å². The first-order chi connectivity index (χ1) is 13.9. The van der Waals surface area contributed by atoms with Gasteiger partial charge in [-0.05, 0) is 48.7 Å². The molecule has 3 rings (SSSR count). The van der Waals surface area contributed by atoms with Crippen molar-refractivity contribution in [2.75, 3.05) is 5.32 Å². The first kappa shape index (κ1) is 20.8. The number of halogens is 1. The molecule has 0 aliphatic carbocycles. The van der Waals surface area contributed by atoms with Crippen LogP contribution in [0.3, 0.4) is 0 Å². The minimum absolute atomic E-state index is 0.0490. The fourth-order valence-corrected chi connectivity index (χ4v) is 3.65. The van der Waals surface area contributed by atoms with Crippen LogP contribution in [0.1, 0.15) is 29.3 Å². The second-order valence-corrected chi connectivity index (χ2v) is 7.59. The Morgan fingerprint density at radius 3 is 2.38 bits per heavy atom. The number of amides is 1. The van der Waals surface area contributed by atoms with E-state index in [-0.39, 0.29) is 23.7 Å². The van der Waals surface area contributed by atoms with Crippen LogP contribution in [0.15, 0.2) is 58.5 Å². The van der Waals surface area contributed by atoms with E-state index in [1.165, 1.54) is 29.5 Å². The maximum atomic E-state index is 13.0. The van der Waals surface area contributed by atoms with Gasteiger partial charge in [-0.1, -0.05) is 43.0 Å². The molecule has 2 N–H and O–H groups in total. The number of carbonyl (C=O) groups excluding carboxylic acids is 1. The van der Waals surface area contributed by atoms with Crippen molar-refractivity contribution in [1.29, 1.82) is 0 Å². The number of thioether (sulfide) groups is 1. The van der Waals surface area contributed by atoms with Crippen LogP contribution in [-0.2, 0) is 23.4 Å². The molecule has 0 saturated carbocycles. The first-order valence-corrected chi connectivity index (χ1v) is 10.3. The lowest BCUT2D eigenvalue weighted by Crippen LogP contribution is -2.23. The highest BCUT2D eigenvalue weighted by atomic mass is 32.2. The van der Waals surface area contributed by atoms with E-state index < -0.39 is 0 Å². The van der Waals surface area contributed by atoms with E-state index in [0.29, 0.717) is 27.9 Å². The van der Waals surface area contributed by atoms with Crippen molar-refractivity contribution < 1.29 is 9.18 Å². The molecule has 2 aromatic carbocycles. The number of aromatic amines is 1. The average Bonchev–Trinajstić information content (AvgIpc) is 2.71. The van der Waals surface area contributed by atoms with E-state index in [2.05, 4.69) is 22.2 Å². The second-order valence-electron chi connectivity index (χ2n) is 6.63. The van der Waals surface area contributed by atoms with Gasteiger partial charge < -0.3 is 10.3 Å². The molecule has 29 heavy (non-hydrogen) atoms. The molecule has 0 aliphatic rings. The first-order valence-electron chi connectivity index (χ1n) is 9.30. The largest absolute Gasteiger partial charge is 0.326 e. The van der Waals surface area contributed by atoms with Crippen LogP contribution in [0.2, 0.25) is 0 Å². The predicted molar refractivity (Wildman–Crippen MR) is 114 cm³/mol. The quantitative estimate of drug-likeness (QED) is 0.450. The summed E-state index contributed by atoms with van der Waals surface area (Å²) in [6.07, 6.45) is 0.882. The molecule has 0 aliphatic heterocycles. The van der Waals surface area contributed by atoms with Crippen LogP contribution in [0, 0.1) is 12.7 Å². The minimum Gasteiger partial charge on any atom is -0.326 e. The van der Waals surface area contributed by atoms with E-state index in [4.69, 9.17) is 0 Å². The summed E-state index contributed by atoms with van der Waals surface area (Å²) in [5, 5.41) is 3.28. The van der Waals surface area contributed by atoms with Crippen molar-refractivity contribution in [1.82, 2.24) is 9.97 Å². The summed E-state index contributed by atoms with van der Waals surface area (Å²) in [6.45, 7) is 3.78. The van der Waals surface area contributed by atoms with Gasteiger partial charge in [0.25, 0.3) is 5.56 Å². The zero-order chi connectivity index (χ0) is 20.8. The van der Waals surface area contributed by atoms with Gasteiger partial charge in [-0.3, -0.25) is 9.59 Å². The molecule has 0 radical (unpaired) electrons. The van der Waals surface area contributed by atoms with Crippen molar-refractivity contribution >= 4 is 23.4 Å². The van der Waals surface area contributed by atoms with Gasteiger partial charge in [-0.25, -0.2) is 9.37 Å². The van der Waals surface area contributed by atoms with Crippen LogP contribution in [0.25, 0.3) is 0 Å². The molecule has 150 valence electrons. The molecule has 3 aromatic rings. The van der Waals surface area contributed by atoms with Crippen molar-refractivity contribution in [3.8, 4) is 0 Å². The Bertz CT molecular complexity index is 1050. The molecule has 1 aromatic heterocycles. The Morgan fingerprint density at radius 2 is 1.76 bits per heavy atom. The normalized spacial score (nSPS) is 10.7. The number of benzene rings is 2. The summed E-state index contributed by atoms with van der Waals surface area (Å²) in [5.41, 5.74) is 3.35.